The molecule has 7 heteroatoms. The maximum absolute atomic E-state index is 13.1. The fourth-order valence-electron chi connectivity index (χ4n) is 3.78. The van der Waals surface area contributed by atoms with Crippen molar-refractivity contribution in [2.75, 3.05) is 26.7 Å². The molecule has 2 aliphatic rings. The number of piperidine rings is 2. The molecule has 0 saturated carbocycles. The summed E-state index contributed by atoms with van der Waals surface area (Å²) in [6, 6.07) is 4.35. The zero-order chi connectivity index (χ0) is 17.0. The molecule has 2 aliphatic heterocycles. The van der Waals surface area contributed by atoms with Gasteiger partial charge in [-0.15, -0.1) is 11.3 Å². The Morgan fingerprint density at radius 3 is 2.67 bits per heavy atom. The van der Waals surface area contributed by atoms with Crippen molar-refractivity contribution in [3.05, 3.63) is 22.4 Å². The van der Waals surface area contributed by atoms with Crippen LogP contribution in [0.4, 0.5) is 0 Å². The summed E-state index contributed by atoms with van der Waals surface area (Å²) in [4.78, 5) is 1.35. The average Bonchev–Trinajstić information content (AvgIpc) is 3.14. The zero-order valence-corrected chi connectivity index (χ0v) is 16.0. The summed E-state index contributed by atoms with van der Waals surface area (Å²) in [5.41, 5.74) is 0. The van der Waals surface area contributed by atoms with Gasteiger partial charge in [0.1, 0.15) is 0 Å². The number of methoxy groups -OCH3 is 1. The molecule has 0 aromatic carbocycles. The van der Waals surface area contributed by atoms with Crippen molar-refractivity contribution in [1.82, 2.24) is 8.61 Å². The lowest BCUT2D eigenvalue weighted by Gasteiger charge is -2.40. The van der Waals surface area contributed by atoms with E-state index in [0.717, 1.165) is 44.9 Å². The van der Waals surface area contributed by atoms with Crippen LogP contribution in [0.2, 0.25) is 0 Å². The highest BCUT2D eigenvalue weighted by Crippen LogP contribution is 2.28. The van der Waals surface area contributed by atoms with Crippen LogP contribution >= 0.6 is 11.3 Å². The number of thiophene rings is 1. The van der Waals surface area contributed by atoms with Crippen molar-refractivity contribution in [2.45, 2.75) is 57.1 Å². The van der Waals surface area contributed by atoms with E-state index in [4.69, 9.17) is 4.74 Å². The highest BCUT2D eigenvalue weighted by atomic mass is 32.2. The van der Waals surface area contributed by atoms with Crippen molar-refractivity contribution in [1.29, 1.82) is 0 Å². The molecule has 1 aromatic rings. The van der Waals surface area contributed by atoms with Crippen LogP contribution in [0.3, 0.4) is 0 Å². The molecule has 0 aliphatic carbocycles. The number of hydrogen-bond donors (Lipinski definition) is 0. The van der Waals surface area contributed by atoms with Gasteiger partial charge in [0.25, 0.3) is 10.2 Å². The van der Waals surface area contributed by atoms with Gasteiger partial charge in [-0.2, -0.15) is 17.0 Å². The van der Waals surface area contributed by atoms with Crippen molar-refractivity contribution in [3.8, 4) is 0 Å². The van der Waals surface area contributed by atoms with Gasteiger partial charge in [-0.1, -0.05) is 12.5 Å². The molecular weight excluding hydrogens is 344 g/mol. The third-order valence-electron chi connectivity index (χ3n) is 5.23. The van der Waals surface area contributed by atoms with Gasteiger partial charge in [-0.3, -0.25) is 0 Å². The van der Waals surface area contributed by atoms with Gasteiger partial charge in [0.15, 0.2) is 0 Å². The first-order chi connectivity index (χ1) is 11.6. The molecule has 0 amide bonds. The van der Waals surface area contributed by atoms with E-state index in [-0.39, 0.29) is 12.1 Å². The number of nitrogens with zero attached hydrogens (tertiary/aromatic N) is 2. The number of rotatable bonds is 6. The fraction of sp³-hybridized carbons (Fsp3) is 0.765. The molecule has 0 N–H and O–H groups in total. The van der Waals surface area contributed by atoms with E-state index in [1.807, 2.05) is 0 Å². The van der Waals surface area contributed by atoms with Crippen LogP contribution in [-0.4, -0.2) is 55.9 Å². The first-order valence-corrected chi connectivity index (χ1v) is 11.2. The molecular formula is C17H28N2O3S2. The summed E-state index contributed by atoms with van der Waals surface area (Å²) in [7, 11) is -1.63. The van der Waals surface area contributed by atoms with E-state index in [2.05, 4.69) is 17.5 Å². The Morgan fingerprint density at radius 1 is 1.21 bits per heavy atom. The minimum absolute atomic E-state index is 0.144. The second-order valence-electron chi connectivity index (χ2n) is 6.72. The van der Waals surface area contributed by atoms with Gasteiger partial charge in [0.05, 0.1) is 6.10 Å². The van der Waals surface area contributed by atoms with Gasteiger partial charge in [0.2, 0.25) is 0 Å². The van der Waals surface area contributed by atoms with E-state index in [0.29, 0.717) is 19.6 Å². The first-order valence-electron chi connectivity index (χ1n) is 8.93. The fourth-order valence-corrected chi connectivity index (χ4v) is 6.42. The van der Waals surface area contributed by atoms with E-state index in [1.165, 1.54) is 4.88 Å². The quantitative estimate of drug-likeness (QED) is 0.771. The van der Waals surface area contributed by atoms with E-state index < -0.39 is 10.2 Å². The van der Waals surface area contributed by atoms with Crippen LogP contribution in [0.1, 0.15) is 43.4 Å². The normalized spacial score (nSPS) is 25.1. The maximum Gasteiger partial charge on any atom is 0.282 e. The van der Waals surface area contributed by atoms with Crippen LogP contribution in [-0.2, 0) is 21.4 Å². The van der Waals surface area contributed by atoms with Gasteiger partial charge >= 0.3 is 0 Å². The average molecular weight is 373 g/mol. The number of hydrogen-bond acceptors (Lipinski definition) is 4. The summed E-state index contributed by atoms with van der Waals surface area (Å²) in [6.07, 6.45) is 6.78. The Kier molecular flexibility index (Phi) is 6.32. The predicted octanol–water partition coefficient (Wildman–Crippen LogP) is 2.89. The van der Waals surface area contributed by atoms with Crippen LogP contribution in [0, 0.1) is 0 Å². The highest BCUT2D eigenvalue weighted by molar-refractivity contribution is 7.86. The van der Waals surface area contributed by atoms with Crippen molar-refractivity contribution < 1.29 is 13.2 Å². The van der Waals surface area contributed by atoms with Crippen LogP contribution in [0.15, 0.2) is 17.5 Å². The molecule has 3 heterocycles. The largest absolute Gasteiger partial charge is 0.381 e. The van der Waals surface area contributed by atoms with E-state index >= 15 is 0 Å². The molecule has 1 atom stereocenters. The Hall–Kier alpha value is -0.470. The molecule has 0 radical (unpaired) electrons. The van der Waals surface area contributed by atoms with E-state index in [1.54, 1.807) is 27.1 Å². The summed E-state index contributed by atoms with van der Waals surface area (Å²) in [5.74, 6) is 0. The molecule has 24 heavy (non-hydrogen) atoms. The van der Waals surface area contributed by atoms with Gasteiger partial charge in [-0.25, -0.2) is 0 Å². The lowest BCUT2D eigenvalue weighted by molar-refractivity contribution is 0.0581. The summed E-state index contributed by atoms with van der Waals surface area (Å²) in [5, 5.41) is 2.09. The van der Waals surface area contributed by atoms with Crippen molar-refractivity contribution in [3.63, 3.8) is 0 Å². The first kappa shape index (κ1) is 18.3. The van der Waals surface area contributed by atoms with Crippen LogP contribution in [0.5, 0.6) is 0 Å². The van der Waals surface area contributed by atoms with Gasteiger partial charge < -0.3 is 4.74 Å². The molecule has 2 saturated heterocycles. The standard InChI is InChI=1S/C17H28N2O3S2/c1-22-16-9-12-18(13-10-16)24(20,21)19-11-3-2-5-15(19)7-8-17-6-4-14-23-17/h4,6,14-16H,2-3,5,7-13H2,1H3. The number of ether oxygens (including phenoxy) is 1. The summed E-state index contributed by atoms with van der Waals surface area (Å²) >= 11 is 1.76. The Bertz CT molecular complexity index is 595. The molecule has 1 unspecified atom stereocenters. The lowest BCUT2D eigenvalue weighted by Crippen LogP contribution is -2.53. The van der Waals surface area contributed by atoms with E-state index in [9.17, 15) is 8.42 Å². The van der Waals surface area contributed by atoms with Crippen LogP contribution < -0.4 is 0 Å². The lowest BCUT2D eigenvalue weighted by atomic mass is 10.0. The maximum atomic E-state index is 13.1. The summed E-state index contributed by atoms with van der Waals surface area (Å²) < 4.78 is 35.1. The Balaban J connectivity index is 1.65. The zero-order valence-electron chi connectivity index (χ0n) is 14.4. The summed E-state index contributed by atoms with van der Waals surface area (Å²) in [6.45, 7) is 1.83. The highest BCUT2D eigenvalue weighted by Gasteiger charge is 2.37. The monoisotopic (exact) mass is 372 g/mol. The third kappa shape index (κ3) is 4.19. The molecule has 136 valence electrons. The number of aryl methyl sites for hydroxylation is 1. The predicted molar refractivity (Wildman–Crippen MR) is 97.5 cm³/mol. The second-order valence-corrected chi connectivity index (χ2v) is 9.63. The smallest absolute Gasteiger partial charge is 0.282 e. The van der Waals surface area contributed by atoms with Gasteiger partial charge in [-0.05, 0) is 50.0 Å². The second kappa shape index (κ2) is 8.27. The Morgan fingerprint density at radius 2 is 2.00 bits per heavy atom. The molecule has 2 fully saturated rings. The van der Waals surface area contributed by atoms with Crippen molar-refractivity contribution in [2.24, 2.45) is 0 Å². The van der Waals surface area contributed by atoms with Crippen molar-refractivity contribution >= 4 is 21.5 Å². The topological polar surface area (TPSA) is 49.9 Å². The molecule has 5 nitrogen and oxygen atoms in total. The van der Waals surface area contributed by atoms with Crippen LogP contribution in [0.25, 0.3) is 0 Å². The molecule has 3 rings (SSSR count). The molecule has 0 spiro atoms. The minimum Gasteiger partial charge on any atom is -0.381 e. The van der Waals surface area contributed by atoms with Gasteiger partial charge in [0, 0.05) is 37.7 Å². The SMILES string of the molecule is COC1CCN(S(=O)(=O)N2CCCCC2CCc2cccs2)CC1. The Labute approximate surface area is 149 Å². The third-order valence-corrected chi connectivity index (χ3v) is 8.26. The molecule has 1 aromatic heterocycles. The minimum atomic E-state index is -3.34. The molecule has 0 bridgehead atoms.